The maximum atomic E-state index is 13.2. The summed E-state index contributed by atoms with van der Waals surface area (Å²) < 4.78 is 15.2. The molecule has 0 spiro atoms. The molecule has 0 radical (unpaired) electrons. The van der Waals surface area contributed by atoms with Crippen LogP contribution in [0.25, 0.3) is 11.0 Å². The normalized spacial score (nSPS) is 11.0. The van der Waals surface area contributed by atoms with Gasteiger partial charge in [-0.1, -0.05) is 36.0 Å². The fourth-order valence-corrected chi connectivity index (χ4v) is 4.02. The van der Waals surface area contributed by atoms with Gasteiger partial charge in [-0.2, -0.15) is 0 Å². The smallest absolute Gasteiger partial charge is 0.236 e. The summed E-state index contributed by atoms with van der Waals surface area (Å²) in [6, 6.07) is 14.2. The quantitative estimate of drug-likeness (QED) is 0.489. The molecule has 0 saturated carbocycles. The molecular weight excluding hydrogens is 383 g/mol. The summed E-state index contributed by atoms with van der Waals surface area (Å²) in [4.78, 5) is 20.9. The highest BCUT2D eigenvalue weighted by Crippen LogP contribution is 2.25. The van der Waals surface area contributed by atoms with E-state index in [2.05, 4.69) is 15.3 Å². The van der Waals surface area contributed by atoms with Crippen LogP contribution in [0.3, 0.4) is 0 Å². The number of carbonyl (C=O) groups is 1. The molecule has 1 amide bonds. The third-order valence-electron chi connectivity index (χ3n) is 3.88. The number of hydrogen-bond donors (Lipinski definition) is 1. The summed E-state index contributed by atoms with van der Waals surface area (Å²) in [6.07, 6.45) is 1.65. The minimum Gasteiger partial charge on any atom is -0.314 e. The first-order chi connectivity index (χ1) is 13.2. The van der Waals surface area contributed by atoms with Crippen molar-refractivity contribution in [1.82, 2.24) is 14.5 Å². The summed E-state index contributed by atoms with van der Waals surface area (Å²) in [7, 11) is 0. The summed E-state index contributed by atoms with van der Waals surface area (Å²) in [6.45, 7) is 0.553. The first kappa shape index (κ1) is 17.7. The van der Waals surface area contributed by atoms with Crippen molar-refractivity contribution in [2.24, 2.45) is 0 Å². The fraction of sp³-hybridized carbons (Fsp3) is 0.105. The highest BCUT2D eigenvalue weighted by atomic mass is 32.2. The lowest BCUT2D eigenvalue weighted by atomic mass is 10.2. The van der Waals surface area contributed by atoms with Gasteiger partial charge in [0.25, 0.3) is 0 Å². The Morgan fingerprint density at radius 1 is 1.19 bits per heavy atom. The van der Waals surface area contributed by atoms with Crippen LogP contribution in [-0.2, 0) is 11.3 Å². The average Bonchev–Trinajstić information content (AvgIpc) is 3.30. The number of para-hydroxylation sites is 2. The zero-order valence-electron chi connectivity index (χ0n) is 14.1. The van der Waals surface area contributed by atoms with Gasteiger partial charge in [0, 0.05) is 11.6 Å². The van der Waals surface area contributed by atoms with Gasteiger partial charge in [-0.25, -0.2) is 14.4 Å². The van der Waals surface area contributed by atoms with Gasteiger partial charge >= 0.3 is 0 Å². The van der Waals surface area contributed by atoms with Crippen molar-refractivity contribution in [1.29, 1.82) is 0 Å². The molecule has 136 valence electrons. The molecule has 0 saturated heterocycles. The van der Waals surface area contributed by atoms with Gasteiger partial charge in [-0.15, -0.1) is 11.3 Å². The van der Waals surface area contributed by atoms with Crippen LogP contribution in [-0.4, -0.2) is 26.2 Å². The van der Waals surface area contributed by atoms with Crippen LogP contribution in [0.15, 0.2) is 65.3 Å². The number of amides is 1. The minimum absolute atomic E-state index is 0.129. The third kappa shape index (κ3) is 4.17. The molecule has 2 aromatic heterocycles. The van der Waals surface area contributed by atoms with Gasteiger partial charge in [0.1, 0.15) is 5.82 Å². The van der Waals surface area contributed by atoms with E-state index < -0.39 is 0 Å². The number of fused-ring (bicyclic) bond motifs is 1. The SMILES string of the molecule is O=C(CSc1nc2ccccc2n1Cc1ccc(F)cc1)Nc1nccs1. The lowest BCUT2D eigenvalue weighted by Crippen LogP contribution is -2.14. The van der Waals surface area contributed by atoms with E-state index in [1.165, 1.54) is 35.2 Å². The Bertz CT molecular complexity index is 1060. The number of aromatic nitrogens is 3. The average molecular weight is 398 g/mol. The molecule has 5 nitrogen and oxygen atoms in total. The highest BCUT2D eigenvalue weighted by molar-refractivity contribution is 7.99. The highest BCUT2D eigenvalue weighted by Gasteiger charge is 2.14. The van der Waals surface area contributed by atoms with E-state index in [-0.39, 0.29) is 17.5 Å². The number of halogens is 1. The molecule has 27 heavy (non-hydrogen) atoms. The molecule has 2 heterocycles. The number of anilines is 1. The van der Waals surface area contributed by atoms with Crippen molar-refractivity contribution < 1.29 is 9.18 Å². The molecule has 4 rings (SSSR count). The van der Waals surface area contributed by atoms with Crippen LogP contribution < -0.4 is 5.32 Å². The minimum atomic E-state index is -0.261. The van der Waals surface area contributed by atoms with E-state index in [0.717, 1.165) is 21.8 Å². The zero-order chi connectivity index (χ0) is 18.6. The van der Waals surface area contributed by atoms with Gasteiger partial charge < -0.3 is 9.88 Å². The summed E-state index contributed by atoms with van der Waals surface area (Å²) in [5.41, 5.74) is 2.81. The van der Waals surface area contributed by atoms with Crippen molar-refractivity contribution in [2.75, 3.05) is 11.1 Å². The Morgan fingerprint density at radius 3 is 2.78 bits per heavy atom. The number of nitrogens with one attached hydrogen (secondary N) is 1. The molecule has 0 atom stereocenters. The molecule has 0 aliphatic carbocycles. The van der Waals surface area contributed by atoms with Gasteiger partial charge in [-0.3, -0.25) is 4.79 Å². The monoisotopic (exact) mass is 398 g/mol. The molecule has 0 unspecified atom stereocenters. The van der Waals surface area contributed by atoms with Crippen molar-refractivity contribution in [3.63, 3.8) is 0 Å². The van der Waals surface area contributed by atoms with Crippen molar-refractivity contribution in [3.05, 3.63) is 71.5 Å². The van der Waals surface area contributed by atoms with E-state index in [1.807, 2.05) is 34.2 Å². The second kappa shape index (κ2) is 7.89. The second-order valence-electron chi connectivity index (χ2n) is 5.77. The Morgan fingerprint density at radius 2 is 2.00 bits per heavy atom. The fourth-order valence-electron chi connectivity index (χ4n) is 2.66. The van der Waals surface area contributed by atoms with Crippen LogP contribution in [0.1, 0.15) is 5.56 Å². The van der Waals surface area contributed by atoms with E-state index in [0.29, 0.717) is 11.7 Å². The van der Waals surface area contributed by atoms with Crippen molar-refractivity contribution in [2.45, 2.75) is 11.7 Å². The summed E-state index contributed by atoms with van der Waals surface area (Å²) in [5.74, 6) is -0.162. The van der Waals surface area contributed by atoms with Crippen LogP contribution >= 0.6 is 23.1 Å². The van der Waals surface area contributed by atoms with E-state index >= 15 is 0 Å². The Labute approximate surface area is 163 Å². The lowest BCUT2D eigenvalue weighted by molar-refractivity contribution is -0.113. The van der Waals surface area contributed by atoms with Crippen LogP contribution in [0.5, 0.6) is 0 Å². The number of carbonyl (C=O) groups excluding carboxylic acids is 1. The third-order valence-corrected chi connectivity index (χ3v) is 5.55. The largest absolute Gasteiger partial charge is 0.314 e. The number of rotatable bonds is 6. The predicted octanol–water partition coefficient (Wildman–Crippen LogP) is 4.41. The number of thioether (sulfide) groups is 1. The molecule has 1 N–H and O–H groups in total. The Hall–Kier alpha value is -2.71. The van der Waals surface area contributed by atoms with E-state index in [1.54, 1.807) is 18.3 Å². The van der Waals surface area contributed by atoms with E-state index in [4.69, 9.17) is 0 Å². The van der Waals surface area contributed by atoms with Crippen molar-refractivity contribution >= 4 is 45.2 Å². The van der Waals surface area contributed by atoms with Gasteiger partial charge in [0.05, 0.1) is 23.3 Å². The Kier molecular flexibility index (Phi) is 5.17. The number of nitrogens with zero attached hydrogens (tertiary/aromatic N) is 3. The van der Waals surface area contributed by atoms with Gasteiger partial charge in [0.2, 0.25) is 5.91 Å². The first-order valence-corrected chi connectivity index (χ1v) is 10.1. The summed E-state index contributed by atoms with van der Waals surface area (Å²) in [5, 5.41) is 5.91. The molecule has 0 aliphatic rings. The maximum absolute atomic E-state index is 13.2. The first-order valence-electron chi connectivity index (χ1n) is 8.21. The van der Waals surface area contributed by atoms with Crippen LogP contribution in [0.2, 0.25) is 0 Å². The number of benzene rings is 2. The number of thiazole rings is 1. The summed E-state index contributed by atoms with van der Waals surface area (Å²) >= 11 is 2.75. The standard InChI is InChI=1S/C19H15FN4OS2/c20-14-7-5-13(6-8-14)11-24-16-4-2-1-3-15(16)22-19(24)27-12-17(25)23-18-21-9-10-26-18/h1-10H,11-12H2,(H,21,23,25). The van der Waals surface area contributed by atoms with Gasteiger partial charge in [0.15, 0.2) is 10.3 Å². The number of hydrogen-bond acceptors (Lipinski definition) is 5. The lowest BCUT2D eigenvalue weighted by Gasteiger charge is -2.09. The van der Waals surface area contributed by atoms with Crippen LogP contribution in [0.4, 0.5) is 9.52 Å². The van der Waals surface area contributed by atoms with Crippen LogP contribution in [0, 0.1) is 5.82 Å². The molecule has 0 fully saturated rings. The molecular formula is C19H15FN4OS2. The molecule has 2 aromatic carbocycles. The maximum Gasteiger partial charge on any atom is 0.236 e. The molecule has 0 bridgehead atoms. The molecule has 0 aliphatic heterocycles. The second-order valence-corrected chi connectivity index (χ2v) is 7.61. The molecule has 4 aromatic rings. The predicted molar refractivity (Wildman–Crippen MR) is 107 cm³/mol. The zero-order valence-corrected chi connectivity index (χ0v) is 15.8. The van der Waals surface area contributed by atoms with E-state index in [9.17, 15) is 9.18 Å². The topological polar surface area (TPSA) is 59.8 Å². The van der Waals surface area contributed by atoms with Crippen molar-refractivity contribution in [3.8, 4) is 0 Å². The Balaban J connectivity index is 1.56. The van der Waals surface area contributed by atoms with Gasteiger partial charge in [-0.05, 0) is 29.8 Å². The molecule has 8 heteroatoms. The number of imidazole rings is 1.